The van der Waals surface area contributed by atoms with E-state index in [2.05, 4.69) is 22.5 Å². The number of imidazole rings is 1. The van der Waals surface area contributed by atoms with Gasteiger partial charge in [0.2, 0.25) is 5.91 Å². The van der Waals surface area contributed by atoms with Gasteiger partial charge in [-0.05, 0) is 24.1 Å². The number of para-hydroxylation sites is 2. The van der Waals surface area contributed by atoms with E-state index in [9.17, 15) is 4.79 Å². The van der Waals surface area contributed by atoms with Gasteiger partial charge >= 0.3 is 0 Å². The number of rotatable bonds is 8. The second-order valence-corrected chi connectivity index (χ2v) is 6.03. The highest BCUT2D eigenvalue weighted by molar-refractivity contribution is 5.78. The standard InChI is InChI=1S/C21H23N3O/c1-2-15-24-19-12-7-6-11-18(19)23-20(24)13-8-14-22-21(25)16-17-9-4-3-5-10-17/h2-7,9-12H,1,8,13-16H2,(H,22,25). The van der Waals surface area contributed by atoms with Crippen molar-refractivity contribution in [1.82, 2.24) is 14.9 Å². The first-order valence-corrected chi connectivity index (χ1v) is 8.63. The molecule has 1 amide bonds. The molecule has 4 nitrogen and oxygen atoms in total. The molecule has 0 aliphatic heterocycles. The normalized spacial score (nSPS) is 10.7. The summed E-state index contributed by atoms with van der Waals surface area (Å²) in [4.78, 5) is 16.7. The van der Waals surface area contributed by atoms with E-state index in [4.69, 9.17) is 4.98 Å². The number of benzene rings is 2. The molecule has 0 unspecified atom stereocenters. The summed E-state index contributed by atoms with van der Waals surface area (Å²) in [6, 6.07) is 17.9. The second-order valence-electron chi connectivity index (χ2n) is 6.03. The number of allylic oxidation sites excluding steroid dienone is 1. The van der Waals surface area contributed by atoms with Crippen LogP contribution in [0.2, 0.25) is 0 Å². The number of carbonyl (C=O) groups is 1. The topological polar surface area (TPSA) is 46.9 Å². The van der Waals surface area contributed by atoms with Crippen molar-refractivity contribution in [3.8, 4) is 0 Å². The van der Waals surface area contributed by atoms with Crippen molar-refractivity contribution in [2.45, 2.75) is 25.8 Å². The van der Waals surface area contributed by atoms with Crippen molar-refractivity contribution < 1.29 is 4.79 Å². The largest absolute Gasteiger partial charge is 0.356 e. The molecule has 0 radical (unpaired) electrons. The molecule has 128 valence electrons. The fourth-order valence-corrected chi connectivity index (χ4v) is 2.97. The van der Waals surface area contributed by atoms with Crippen LogP contribution in [0, 0.1) is 0 Å². The first kappa shape index (κ1) is 17.0. The highest BCUT2D eigenvalue weighted by Crippen LogP contribution is 2.17. The van der Waals surface area contributed by atoms with Crippen molar-refractivity contribution in [1.29, 1.82) is 0 Å². The average molecular weight is 333 g/mol. The average Bonchev–Trinajstić information content (AvgIpc) is 2.98. The SMILES string of the molecule is C=CCn1c(CCCNC(=O)Cc2ccccc2)nc2ccccc21. The Morgan fingerprint density at radius 3 is 2.68 bits per heavy atom. The Morgan fingerprint density at radius 1 is 1.12 bits per heavy atom. The summed E-state index contributed by atoms with van der Waals surface area (Å²) in [5, 5.41) is 2.99. The molecule has 0 spiro atoms. The van der Waals surface area contributed by atoms with Crippen LogP contribution >= 0.6 is 0 Å². The molecule has 25 heavy (non-hydrogen) atoms. The van der Waals surface area contributed by atoms with E-state index in [0.29, 0.717) is 13.0 Å². The molecule has 0 aliphatic rings. The second kappa shape index (κ2) is 8.29. The molecule has 0 atom stereocenters. The van der Waals surface area contributed by atoms with Crippen molar-refractivity contribution in [3.63, 3.8) is 0 Å². The molecule has 1 heterocycles. The number of amides is 1. The molecule has 4 heteroatoms. The lowest BCUT2D eigenvalue weighted by Crippen LogP contribution is -2.26. The fourth-order valence-electron chi connectivity index (χ4n) is 2.97. The lowest BCUT2D eigenvalue weighted by Gasteiger charge is -2.08. The fraction of sp³-hybridized carbons (Fsp3) is 0.238. The first-order chi connectivity index (χ1) is 12.3. The third-order valence-electron chi connectivity index (χ3n) is 4.15. The van der Waals surface area contributed by atoms with Crippen LogP contribution in [0.15, 0.2) is 67.3 Å². The Balaban J connectivity index is 1.53. The zero-order valence-corrected chi connectivity index (χ0v) is 14.3. The molecule has 3 rings (SSSR count). The molecule has 0 fully saturated rings. The summed E-state index contributed by atoms with van der Waals surface area (Å²) in [6.07, 6.45) is 4.00. The van der Waals surface area contributed by atoms with E-state index < -0.39 is 0 Å². The molecule has 0 saturated heterocycles. The molecular weight excluding hydrogens is 310 g/mol. The van der Waals surface area contributed by atoms with E-state index >= 15 is 0 Å². The summed E-state index contributed by atoms with van der Waals surface area (Å²) in [5.74, 6) is 1.10. The zero-order valence-electron chi connectivity index (χ0n) is 14.3. The Labute approximate surface area is 148 Å². The van der Waals surface area contributed by atoms with Crippen LogP contribution in [0.3, 0.4) is 0 Å². The summed E-state index contributed by atoms with van der Waals surface area (Å²) >= 11 is 0. The number of nitrogens with zero attached hydrogens (tertiary/aromatic N) is 2. The summed E-state index contributed by atoms with van der Waals surface area (Å²) in [6.45, 7) is 5.24. The van der Waals surface area contributed by atoms with Gasteiger partial charge in [0, 0.05) is 19.5 Å². The monoisotopic (exact) mass is 333 g/mol. The smallest absolute Gasteiger partial charge is 0.224 e. The van der Waals surface area contributed by atoms with E-state index in [1.807, 2.05) is 54.6 Å². The predicted octanol–water partition coefficient (Wildman–Crippen LogP) is 3.51. The number of hydrogen-bond donors (Lipinski definition) is 1. The van der Waals surface area contributed by atoms with Crippen molar-refractivity contribution in [2.75, 3.05) is 6.54 Å². The molecule has 0 aliphatic carbocycles. The van der Waals surface area contributed by atoms with E-state index in [-0.39, 0.29) is 5.91 Å². The lowest BCUT2D eigenvalue weighted by molar-refractivity contribution is -0.120. The predicted molar refractivity (Wildman–Crippen MR) is 101 cm³/mol. The van der Waals surface area contributed by atoms with Gasteiger partial charge in [-0.1, -0.05) is 48.5 Å². The Morgan fingerprint density at radius 2 is 1.88 bits per heavy atom. The van der Waals surface area contributed by atoms with E-state index in [1.54, 1.807) is 0 Å². The Kier molecular flexibility index (Phi) is 5.62. The quantitative estimate of drug-likeness (QED) is 0.506. The van der Waals surface area contributed by atoms with E-state index in [1.165, 1.54) is 0 Å². The van der Waals surface area contributed by atoms with E-state index in [0.717, 1.165) is 41.8 Å². The van der Waals surface area contributed by atoms with Crippen molar-refractivity contribution in [3.05, 3.63) is 78.6 Å². The maximum absolute atomic E-state index is 12.0. The molecule has 1 N–H and O–H groups in total. The molecule has 2 aromatic carbocycles. The molecular formula is C21H23N3O. The molecule has 3 aromatic rings. The van der Waals surface area contributed by atoms with Gasteiger partial charge in [-0.25, -0.2) is 4.98 Å². The number of aromatic nitrogens is 2. The number of nitrogens with one attached hydrogen (secondary N) is 1. The van der Waals surface area contributed by atoms with Crippen LogP contribution in [0.5, 0.6) is 0 Å². The third kappa shape index (κ3) is 4.35. The van der Waals surface area contributed by atoms with Gasteiger partial charge in [0.15, 0.2) is 0 Å². The van der Waals surface area contributed by atoms with Crippen LogP contribution in [-0.4, -0.2) is 22.0 Å². The van der Waals surface area contributed by atoms with Gasteiger partial charge in [-0.2, -0.15) is 0 Å². The van der Waals surface area contributed by atoms with Gasteiger partial charge in [-0.15, -0.1) is 6.58 Å². The van der Waals surface area contributed by atoms with Crippen LogP contribution in [0.1, 0.15) is 17.8 Å². The number of hydrogen-bond acceptors (Lipinski definition) is 2. The molecule has 0 saturated carbocycles. The summed E-state index contributed by atoms with van der Waals surface area (Å²) in [7, 11) is 0. The highest BCUT2D eigenvalue weighted by atomic mass is 16.1. The van der Waals surface area contributed by atoms with Gasteiger partial charge < -0.3 is 9.88 Å². The molecule has 1 aromatic heterocycles. The van der Waals surface area contributed by atoms with Gasteiger partial charge in [0.25, 0.3) is 0 Å². The minimum Gasteiger partial charge on any atom is -0.356 e. The Bertz CT molecular complexity index is 852. The minimum absolute atomic E-state index is 0.0609. The maximum Gasteiger partial charge on any atom is 0.224 e. The molecule has 0 bridgehead atoms. The van der Waals surface area contributed by atoms with Crippen LogP contribution in [0.25, 0.3) is 11.0 Å². The van der Waals surface area contributed by atoms with Crippen LogP contribution in [-0.2, 0) is 24.2 Å². The zero-order chi connectivity index (χ0) is 17.5. The number of carbonyl (C=O) groups excluding carboxylic acids is 1. The lowest BCUT2D eigenvalue weighted by atomic mass is 10.1. The number of fused-ring (bicyclic) bond motifs is 1. The first-order valence-electron chi connectivity index (χ1n) is 8.63. The number of aryl methyl sites for hydroxylation is 1. The van der Waals surface area contributed by atoms with Gasteiger partial charge in [0.1, 0.15) is 5.82 Å². The van der Waals surface area contributed by atoms with Gasteiger partial charge in [0.05, 0.1) is 17.5 Å². The van der Waals surface area contributed by atoms with Crippen molar-refractivity contribution in [2.24, 2.45) is 0 Å². The summed E-state index contributed by atoms with van der Waals surface area (Å²) in [5.41, 5.74) is 3.17. The maximum atomic E-state index is 12.0. The van der Waals surface area contributed by atoms with Crippen molar-refractivity contribution >= 4 is 16.9 Å². The summed E-state index contributed by atoms with van der Waals surface area (Å²) < 4.78 is 2.19. The third-order valence-corrected chi connectivity index (χ3v) is 4.15. The Hall–Kier alpha value is -2.88. The highest BCUT2D eigenvalue weighted by Gasteiger charge is 2.09. The van der Waals surface area contributed by atoms with Crippen LogP contribution < -0.4 is 5.32 Å². The van der Waals surface area contributed by atoms with Crippen LogP contribution in [0.4, 0.5) is 0 Å². The minimum atomic E-state index is 0.0609. The van der Waals surface area contributed by atoms with Gasteiger partial charge in [-0.3, -0.25) is 4.79 Å².